The average molecular weight is 307 g/mol. The zero-order chi connectivity index (χ0) is 14.5. The Morgan fingerprint density at radius 1 is 1.26 bits per heavy atom. The maximum Gasteiger partial charge on any atom is 0.233 e. The summed E-state index contributed by atoms with van der Waals surface area (Å²) in [6.45, 7) is 4.19. The number of methoxy groups -OCH3 is 1. The molecule has 0 aliphatic rings. The molecule has 0 aromatic heterocycles. The highest BCUT2D eigenvalue weighted by molar-refractivity contribution is 8.13. The van der Waals surface area contributed by atoms with Crippen molar-refractivity contribution in [1.82, 2.24) is 0 Å². The Labute approximate surface area is 119 Å². The topological polar surface area (TPSA) is 52.6 Å². The van der Waals surface area contributed by atoms with E-state index in [4.69, 9.17) is 20.2 Å². The van der Waals surface area contributed by atoms with Gasteiger partial charge in [-0.3, -0.25) is 0 Å². The molecule has 0 saturated carbocycles. The van der Waals surface area contributed by atoms with Crippen LogP contribution in [0.3, 0.4) is 0 Å². The predicted octanol–water partition coefficient (Wildman–Crippen LogP) is 2.91. The van der Waals surface area contributed by atoms with Crippen molar-refractivity contribution in [3.05, 3.63) is 24.3 Å². The van der Waals surface area contributed by atoms with Gasteiger partial charge in [-0.1, -0.05) is 19.9 Å². The van der Waals surface area contributed by atoms with Crippen molar-refractivity contribution in [2.75, 3.05) is 19.5 Å². The fraction of sp³-hybridized carbons (Fsp3) is 0.538. The summed E-state index contributed by atoms with van der Waals surface area (Å²) >= 11 is 0. The van der Waals surface area contributed by atoms with Crippen molar-refractivity contribution < 1.29 is 17.9 Å². The molecule has 1 aromatic rings. The van der Waals surface area contributed by atoms with Crippen LogP contribution in [0.25, 0.3) is 0 Å². The lowest BCUT2D eigenvalue weighted by Crippen LogP contribution is -2.24. The zero-order valence-corrected chi connectivity index (χ0v) is 12.9. The van der Waals surface area contributed by atoms with Crippen molar-refractivity contribution in [2.45, 2.75) is 13.8 Å². The van der Waals surface area contributed by atoms with E-state index in [9.17, 15) is 8.42 Å². The summed E-state index contributed by atoms with van der Waals surface area (Å²) in [5.41, 5.74) is 0. The predicted molar refractivity (Wildman–Crippen MR) is 76.5 cm³/mol. The van der Waals surface area contributed by atoms with Crippen LogP contribution < -0.4 is 9.47 Å². The van der Waals surface area contributed by atoms with E-state index in [1.54, 1.807) is 19.2 Å². The number of hydrogen-bond donors (Lipinski definition) is 0. The number of ether oxygens (including phenoxy) is 2. The molecule has 0 aliphatic carbocycles. The van der Waals surface area contributed by atoms with Gasteiger partial charge >= 0.3 is 0 Å². The SMILES string of the molecule is COc1cccc(OCC(CS(=O)(=O)Cl)C(C)C)c1. The maximum atomic E-state index is 11.1. The molecule has 6 heteroatoms. The summed E-state index contributed by atoms with van der Waals surface area (Å²) in [5.74, 6) is 1.28. The number of rotatable bonds is 7. The Bertz CT molecular complexity index is 499. The van der Waals surface area contributed by atoms with Crippen LogP contribution in [0.1, 0.15) is 13.8 Å². The second-order valence-electron chi connectivity index (χ2n) is 4.70. The zero-order valence-electron chi connectivity index (χ0n) is 11.3. The molecule has 0 spiro atoms. The Balaban J connectivity index is 2.65. The van der Waals surface area contributed by atoms with Crippen molar-refractivity contribution >= 4 is 19.7 Å². The second kappa shape index (κ2) is 7.01. The van der Waals surface area contributed by atoms with E-state index in [-0.39, 0.29) is 17.6 Å². The smallest absolute Gasteiger partial charge is 0.233 e. The Morgan fingerprint density at radius 2 is 1.89 bits per heavy atom. The molecule has 1 rings (SSSR count). The van der Waals surface area contributed by atoms with Gasteiger partial charge in [0.2, 0.25) is 9.05 Å². The van der Waals surface area contributed by atoms with E-state index in [0.29, 0.717) is 18.1 Å². The fourth-order valence-electron chi connectivity index (χ4n) is 1.58. The Kier molecular flexibility index (Phi) is 5.94. The summed E-state index contributed by atoms with van der Waals surface area (Å²) in [4.78, 5) is 0. The third kappa shape index (κ3) is 6.16. The van der Waals surface area contributed by atoms with Gasteiger partial charge in [-0.05, 0) is 18.1 Å². The summed E-state index contributed by atoms with van der Waals surface area (Å²) in [6.07, 6.45) is 0. The molecular formula is C13H19ClO4S. The molecule has 0 radical (unpaired) electrons. The molecule has 1 unspecified atom stereocenters. The molecule has 0 aliphatic heterocycles. The molecular weight excluding hydrogens is 288 g/mol. The van der Waals surface area contributed by atoms with E-state index in [0.717, 1.165) is 0 Å². The first-order chi connectivity index (χ1) is 8.81. The van der Waals surface area contributed by atoms with Crippen molar-refractivity contribution in [2.24, 2.45) is 11.8 Å². The number of halogens is 1. The van der Waals surface area contributed by atoms with Gasteiger partial charge in [-0.2, -0.15) is 0 Å². The molecule has 0 saturated heterocycles. The minimum Gasteiger partial charge on any atom is -0.497 e. The van der Waals surface area contributed by atoms with Crippen LogP contribution in [0.2, 0.25) is 0 Å². The first kappa shape index (κ1) is 16.1. The number of benzene rings is 1. The molecule has 0 fully saturated rings. The third-order valence-corrected chi connectivity index (χ3v) is 4.07. The van der Waals surface area contributed by atoms with Gasteiger partial charge in [-0.25, -0.2) is 8.42 Å². The number of hydrogen-bond acceptors (Lipinski definition) is 4. The first-order valence-electron chi connectivity index (χ1n) is 6.01. The molecule has 0 N–H and O–H groups in total. The molecule has 108 valence electrons. The standard InChI is InChI=1S/C13H19ClO4S/c1-10(2)11(9-19(14,15)16)8-18-13-6-4-5-12(7-13)17-3/h4-7,10-11H,8-9H2,1-3H3. The lowest BCUT2D eigenvalue weighted by Gasteiger charge is -2.19. The highest BCUT2D eigenvalue weighted by Crippen LogP contribution is 2.22. The van der Waals surface area contributed by atoms with Crippen LogP contribution in [0.5, 0.6) is 11.5 Å². The highest BCUT2D eigenvalue weighted by Gasteiger charge is 2.21. The van der Waals surface area contributed by atoms with Gasteiger partial charge in [0.25, 0.3) is 0 Å². The molecule has 0 heterocycles. The summed E-state index contributed by atoms with van der Waals surface area (Å²) in [6, 6.07) is 7.19. The fourth-order valence-corrected chi connectivity index (χ4v) is 3.06. The minimum atomic E-state index is -3.52. The van der Waals surface area contributed by atoms with Crippen LogP contribution in [0.15, 0.2) is 24.3 Å². The average Bonchev–Trinajstić information content (AvgIpc) is 2.33. The normalized spacial score (nSPS) is 13.3. The lowest BCUT2D eigenvalue weighted by atomic mass is 9.99. The summed E-state index contributed by atoms with van der Waals surface area (Å²) in [5, 5.41) is 0. The van der Waals surface area contributed by atoms with Gasteiger partial charge in [0.15, 0.2) is 0 Å². The quantitative estimate of drug-likeness (QED) is 0.727. The first-order valence-corrected chi connectivity index (χ1v) is 8.49. The Morgan fingerprint density at radius 3 is 2.42 bits per heavy atom. The van der Waals surface area contributed by atoms with E-state index in [1.165, 1.54) is 0 Å². The molecule has 4 nitrogen and oxygen atoms in total. The third-order valence-electron chi connectivity index (χ3n) is 2.86. The lowest BCUT2D eigenvalue weighted by molar-refractivity contribution is 0.224. The van der Waals surface area contributed by atoms with Gasteiger partial charge in [0, 0.05) is 22.7 Å². The van der Waals surface area contributed by atoms with Crippen LogP contribution in [-0.2, 0) is 9.05 Å². The van der Waals surface area contributed by atoms with Gasteiger partial charge < -0.3 is 9.47 Å². The molecule has 19 heavy (non-hydrogen) atoms. The highest BCUT2D eigenvalue weighted by atomic mass is 35.7. The van der Waals surface area contributed by atoms with Gasteiger partial charge in [0.1, 0.15) is 11.5 Å². The van der Waals surface area contributed by atoms with Crippen LogP contribution in [0.4, 0.5) is 0 Å². The monoisotopic (exact) mass is 306 g/mol. The molecule has 0 amide bonds. The second-order valence-corrected chi connectivity index (χ2v) is 7.52. The van der Waals surface area contributed by atoms with Crippen molar-refractivity contribution in [1.29, 1.82) is 0 Å². The summed E-state index contributed by atoms with van der Waals surface area (Å²) < 4.78 is 33.0. The van der Waals surface area contributed by atoms with Crippen LogP contribution in [0, 0.1) is 11.8 Å². The van der Waals surface area contributed by atoms with Crippen LogP contribution in [-0.4, -0.2) is 27.9 Å². The van der Waals surface area contributed by atoms with Crippen molar-refractivity contribution in [3.63, 3.8) is 0 Å². The largest absolute Gasteiger partial charge is 0.497 e. The van der Waals surface area contributed by atoms with E-state index < -0.39 is 9.05 Å². The van der Waals surface area contributed by atoms with Crippen LogP contribution >= 0.6 is 10.7 Å². The van der Waals surface area contributed by atoms with E-state index >= 15 is 0 Å². The Hall–Kier alpha value is -0.940. The van der Waals surface area contributed by atoms with Gasteiger partial charge in [0.05, 0.1) is 19.5 Å². The van der Waals surface area contributed by atoms with E-state index in [2.05, 4.69) is 0 Å². The van der Waals surface area contributed by atoms with E-state index in [1.807, 2.05) is 26.0 Å². The minimum absolute atomic E-state index is 0.0871. The van der Waals surface area contributed by atoms with Crippen molar-refractivity contribution in [3.8, 4) is 11.5 Å². The molecule has 0 bridgehead atoms. The maximum absolute atomic E-state index is 11.1. The van der Waals surface area contributed by atoms with Gasteiger partial charge in [-0.15, -0.1) is 0 Å². The molecule has 1 aromatic carbocycles. The molecule has 1 atom stereocenters. The summed E-state index contributed by atoms with van der Waals surface area (Å²) in [7, 11) is 3.36.